The van der Waals surface area contributed by atoms with E-state index in [2.05, 4.69) is 29.2 Å². The van der Waals surface area contributed by atoms with Crippen molar-refractivity contribution in [2.45, 2.75) is 32.1 Å². The summed E-state index contributed by atoms with van der Waals surface area (Å²) >= 11 is 12.3. The smallest absolute Gasteiger partial charge is 0.156 e. The van der Waals surface area contributed by atoms with Gasteiger partial charge in [-0.3, -0.25) is 0 Å². The molecule has 0 amide bonds. The van der Waals surface area contributed by atoms with E-state index >= 15 is 0 Å². The highest BCUT2D eigenvalue weighted by molar-refractivity contribution is 6.42. The average molecular weight is 465 g/mol. The Hall–Kier alpha value is -2.40. The number of halogens is 2. The number of likely N-dealkylation sites (tertiary alicyclic amines) is 1. The molecule has 32 heavy (non-hydrogen) atoms. The van der Waals surface area contributed by atoms with Crippen molar-refractivity contribution in [1.82, 2.24) is 19.5 Å². The number of aromatic nitrogens is 3. The van der Waals surface area contributed by atoms with Gasteiger partial charge in [0.25, 0.3) is 0 Å². The van der Waals surface area contributed by atoms with E-state index in [4.69, 9.17) is 33.3 Å². The Morgan fingerprint density at radius 2 is 1.62 bits per heavy atom. The van der Waals surface area contributed by atoms with Gasteiger partial charge in [-0.15, -0.1) is 0 Å². The van der Waals surface area contributed by atoms with Crippen LogP contribution < -0.4 is 0 Å². The Labute approximate surface area is 198 Å². The first-order valence-electron chi connectivity index (χ1n) is 11.3. The van der Waals surface area contributed by atoms with Gasteiger partial charge in [0.05, 0.1) is 15.7 Å². The lowest BCUT2D eigenvalue weighted by atomic mass is 10.1. The SMILES string of the molecule is Clc1ccc(-c2cccc3nc(Cc4ccc(CCCN5CCCC5)cc4)nn23)cc1Cl. The van der Waals surface area contributed by atoms with Gasteiger partial charge in [0.2, 0.25) is 0 Å². The molecule has 1 aliphatic heterocycles. The maximum absolute atomic E-state index is 6.23. The number of fused-ring (bicyclic) bond motifs is 1. The minimum atomic E-state index is 0.530. The van der Waals surface area contributed by atoms with Gasteiger partial charge in [0.15, 0.2) is 11.5 Å². The molecule has 1 fully saturated rings. The molecule has 0 aliphatic carbocycles. The summed E-state index contributed by atoms with van der Waals surface area (Å²) < 4.78 is 1.88. The summed E-state index contributed by atoms with van der Waals surface area (Å²) in [5, 5.41) is 5.85. The fourth-order valence-corrected chi connectivity index (χ4v) is 4.72. The van der Waals surface area contributed by atoms with E-state index in [9.17, 15) is 0 Å². The first kappa shape index (κ1) is 21.4. The molecule has 0 N–H and O–H groups in total. The van der Waals surface area contributed by atoms with Crippen molar-refractivity contribution in [1.29, 1.82) is 0 Å². The molecular weight excluding hydrogens is 439 g/mol. The van der Waals surface area contributed by atoms with Crippen LogP contribution in [0.2, 0.25) is 10.0 Å². The Kier molecular flexibility index (Phi) is 6.44. The molecule has 3 heterocycles. The average Bonchev–Trinajstić information content (AvgIpc) is 3.46. The van der Waals surface area contributed by atoms with Gasteiger partial charge in [-0.1, -0.05) is 59.6 Å². The summed E-state index contributed by atoms with van der Waals surface area (Å²) in [6.45, 7) is 3.77. The van der Waals surface area contributed by atoms with Crippen LogP contribution in [0.4, 0.5) is 0 Å². The van der Waals surface area contributed by atoms with Gasteiger partial charge in [-0.2, -0.15) is 5.10 Å². The maximum atomic E-state index is 6.23. The molecule has 0 unspecified atom stereocenters. The number of pyridine rings is 1. The Balaban J connectivity index is 1.28. The third-order valence-corrected chi connectivity index (χ3v) is 6.88. The van der Waals surface area contributed by atoms with Gasteiger partial charge >= 0.3 is 0 Å². The van der Waals surface area contributed by atoms with E-state index in [0.717, 1.165) is 29.1 Å². The Morgan fingerprint density at radius 3 is 2.41 bits per heavy atom. The molecule has 1 aliphatic rings. The zero-order chi connectivity index (χ0) is 21.9. The number of hydrogen-bond donors (Lipinski definition) is 0. The van der Waals surface area contributed by atoms with Crippen molar-refractivity contribution in [3.8, 4) is 11.3 Å². The molecule has 5 rings (SSSR count). The molecule has 0 bridgehead atoms. The minimum Gasteiger partial charge on any atom is -0.303 e. The van der Waals surface area contributed by atoms with Crippen molar-refractivity contribution < 1.29 is 0 Å². The van der Waals surface area contributed by atoms with Gasteiger partial charge in [-0.05, 0) is 80.7 Å². The lowest BCUT2D eigenvalue weighted by Gasteiger charge is -2.13. The molecule has 4 aromatic rings. The summed E-state index contributed by atoms with van der Waals surface area (Å²) in [6.07, 6.45) is 5.79. The number of benzene rings is 2. The molecule has 2 aromatic carbocycles. The van der Waals surface area contributed by atoms with Crippen molar-refractivity contribution in [2.24, 2.45) is 0 Å². The van der Waals surface area contributed by atoms with Crippen LogP contribution >= 0.6 is 23.2 Å². The van der Waals surface area contributed by atoms with Crippen molar-refractivity contribution in [2.75, 3.05) is 19.6 Å². The lowest BCUT2D eigenvalue weighted by Crippen LogP contribution is -2.20. The Bertz CT molecular complexity index is 1210. The molecule has 0 saturated carbocycles. The second kappa shape index (κ2) is 9.62. The normalized spacial score (nSPS) is 14.4. The van der Waals surface area contributed by atoms with Crippen LogP contribution in [-0.2, 0) is 12.8 Å². The van der Waals surface area contributed by atoms with Crippen LogP contribution in [-0.4, -0.2) is 39.1 Å². The largest absolute Gasteiger partial charge is 0.303 e. The van der Waals surface area contributed by atoms with Crippen molar-refractivity contribution in [3.05, 3.63) is 87.7 Å². The van der Waals surface area contributed by atoms with E-state index in [0.29, 0.717) is 16.5 Å². The molecule has 0 radical (unpaired) electrons. The fourth-order valence-electron chi connectivity index (χ4n) is 4.42. The van der Waals surface area contributed by atoms with Crippen LogP contribution in [0.25, 0.3) is 16.9 Å². The summed E-state index contributed by atoms with van der Waals surface area (Å²) in [5.41, 5.74) is 5.34. The van der Waals surface area contributed by atoms with Crippen LogP contribution in [0.1, 0.15) is 36.2 Å². The van der Waals surface area contributed by atoms with Crippen LogP contribution in [0, 0.1) is 0 Å². The maximum Gasteiger partial charge on any atom is 0.156 e. The molecule has 4 nitrogen and oxygen atoms in total. The summed E-state index contributed by atoms with van der Waals surface area (Å²) in [7, 11) is 0. The first-order chi connectivity index (χ1) is 15.7. The molecule has 6 heteroatoms. The topological polar surface area (TPSA) is 33.4 Å². The standard InChI is InChI=1S/C26H26Cl2N4/c27-22-13-12-21(18-23(22)28)24-6-3-7-26-29-25(30-32(24)26)17-20-10-8-19(9-11-20)5-4-16-31-14-1-2-15-31/h3,6-13,18H,1-2,4-5,14-17H2. The predicted octanol–water partition coefficient (Wildman–Crippen LogP) is 6.32. The fraction of sp³-hybridized carbons (Fsp3) is 0.308. The second-order valence-electron chi connectivity index (χ2n) is 8.48. The zero-order valence-electron chi connectivity index (χ0n) is 18.0. The summed E-state index contributed by atoms with van der Waals surface area (Å²) in [5.74, 6) is 0.805. The third kappa shape index (κ3) is 4.83. The summed E-state index contributed by atoms with van der Waals surface area (Å²) in [4.78, 5) is 7.32. The highest BCUT2D eigenvalue weighted by atomic mass is 35.5. The summed E-state index contributed by atoms with van der Waals surface area (Å²) in [6, 6.07) is 20.5. The monoisotopic (exact) mass is 464 g/mol. The molecule has 164 valence electrons. The van der Waals surface area contributed by atoms with Crippen LogP contribution in [0.15, 0.2) is 60.7 Å². The van der Waals surface area contributed by atoms with E-state index < -0.39 is 0 Å². The highest BCUT2D eigenvalue weighted by Crippen LogP contribution is 2.28. The quantitative estimate of drug-likeness (QED) is 0.320. The van der Waals surface area contributed by atoms with E-state index in [1.54, 1.807) is 0 Å². The molecule has 0 atom stereocenters. The van der Waals surface area contributed by atoms with Gasteiger partial charge in [0, 0.05) is 12.0 Å². The Morgan fingerprint density at radius 1 is 0.844 bits per heavy atom. The first-order valence-corrected chi connectivity index (χ1v) is 12.0. The highest BCUT2D eigenvalue weighted by Gasteiger charge is 2.12. The van der Waals surface area contributed by atoms with E-state index in [1.165, 1.54) is 50.0 Å². The van der Waals surface area contributed by atoms with Crippen molar-refractivity contribution in [3.63, 3.8) is 0 Å². The van der Waals surface area contributed by atoms with Crippen LogP contribution in [0.3, 0.4) is 0 Å². The second-order valence-corrected chi connectivity index (χ2v) is 9.30. The number of aryl methyl sites for hydroxylation is 1. The van der Waals surface area contributed by atoms with Crippen molar-refractivity contribution >= 4 is 28.8 Å². The minimum absolute atomic E-state index is 0.530. The van der Waals surface area contributed by atoms with E-state index in [1.807, 2.05) is 40.9 Å². The molecular formula is C26H26Cl2N4. The third-order valence-electron chi connectivity index (χ3n) is 6.14. The van der Waals surface area contributed by atoms with Crippen LogP contribution in [0.5, 0.6) is 0 Å². The predicted molar refractivity (Wildman–Crippen MR) is 132 cm³/mol. The lowest BCUT2D eigenvalue weighted by molar-refractivity contribution is 0.334. The molecule has 1 saturated heterocycles. The number of rotatable bonds is 7. The van der Waals surface area contributed by atoms with E-state index in [-0.39, 0.29) is 0 Å². The van der Waals surface area contributed by atoms with Gasteiger partial charge < -0.3 is 4.90 Å². The van der Waals surface area contributed by atoms with Gasteiger partial charge in [-0.25, -0.2) is 9.50 Å². The zero-order valence-corrected chi connectivity index (χ0v) is 19.5. The molecule has 2 aromatic heterocycles. The molecule has 0 spiro atoms. The number of nitrogens with zero attached hydrogens (tertiary/aromatic N) is 4. The number of hydrogen-bond acceptors (Lipinski definition) is 3. The van der Waals surface area contributed by atoms with Gasteiger partial charge in [0.1, 0.15) is 0 Å².